The van der Waals surface area contributed by atoms with Crippen molar-refractivity contribution in [3.63, 3.8) is 0 Å². The summed E-state index contributed by atoms with van der Waals surface area (Å²) in [5, 5.41) is 21.0. The highest BCUT2D eigenvalue weighted by molar-refractivity contribution is 6.74. The first-order chi connectivity index (χ1) is 14.9. The first kappa shape index (κ1) is 25.0. The Hall–Kier alpha value is -1.66. The van der Waals surface area contributed by atoms with Gasteiger partial charge >= 0.3 is 0 Å². The topological polar surface area (TPSA) is 56.5 Å². The van der Waals surface area contributed by atoms with Crippen LogP contribution in [0.15, 0.2) is 54.6 Å². The molecule has 0 spiro atoms. The Labute approximate surface area is 199 Å². The van der Waals surface area contributed by atoms with Gasteiger partial charge in [0.05, 0.1) is 11.3 Å². The Bertz CT molecular complexity index is 919. The summed E-state index contributed by atoms with van der Waals surface area (Å²) in [6, 6.07) is 17.7. The second kappa shape index (κ2) is 9.68. The van der Waals surface area contributed by atoms with E-state index in [0.717, 1.165) is 30.7 Å². The van der Waals surface area contributed by atoms with Crippen LogP contribution in [0.4, 0.5) is 5.69 Å². The Kier molecular flexibility index (Phi) is 7.55. The van der Waals surface area contributed by atoms with E-state index in [-0.39, 0.29) is 10.9 Å². The van der Waals surface area contributed by atoms with E-state index in [2.05, 4.69) is 64.2 Å². The number of hydroxylamine groups is 1. The maximum absolute atomic E-state index is 10.8. The molecule has 3 rings (SSSR count). The van der Waals surface area contributed by atoms with Gasteiger partial charge in [0.1, 0.15) is 5.84 Å². The van der Waals surface area contributed by atoms with Crippen LogP contribution in [0.1, 0.15) is 64.4 Å². The first-order valence-corrected chi connectivity index (χ1v) is 14.8. The molecule has 0 unspecified atom stereocenters. The summed E-state index contributed by atoms with van der Waals surface area (Å²) < 4.78 is 7.03. The van der Waals surface area contributed by atoms with Gasteiger partial charge in [-0.25, -0.2) is 5.06 Å². The quantitative estimate of drug-likeness (QED) is 0.193. The fourth-order valence-corrected chi connectivity index (χ4v) is 6.21. The van der Waals surface area contributed by atoms with Crippen molar-refractivity contribution >= 4 is 31.4 Å². The van der Waals surface area contributed by atoms with Gasteiger partial charge in [-0.05, 0) is 73.5 Å². The summed E-state index contributed by atoms with van der Waals surface area (Å²) in [7, 11) is -2.07. The molecule has 0 amide bonds. The second-order valence-corrected chi connectivity index (χ2v) is 15.8. The Morgan fingerprint density at radius 3 is 2.31 bits per heavy atom. The van der Waals surface area contributed by atoms with E-state index in [1.54, 1.807) is 24.3 Å². The van der Waals surface area contributed by atoms with Crippen LogP contribution in [0, 0.1) is 5.41 Å². The van der Waals surface area contributed by atoms with Gasteiger partial charge in [-0.1, -0.05) is 68.8 Å². The predicted molar refractivity (Wildman–Crippen MR) is 137 cm³/mol. The van der Waals surface area contributed by atoms with Crippen LogP contribution in [0.5, 0.6) is 0 Å². The largest absolute Gasteiger partial charge is 0.411 e. The molecular formula is C26H37ClN2O2Si. The van der Waals surface area contributed by atoms with Crippen molar-refractivity contribution in [3.8, 4) is 0 Å². The minimum absolute atomic E-state index is 0.0737. The van der Waals surface area contributed by atoms with E-state index in [1.165, 1.54) is 5.56 Å². The van der Waals surface area contributed by atoms with Gasteiger partial charge in [0.2, 0.25) is 0 Å². The zero-order valence-corrected chi connectivity index (χ0v) is 21.7. The number of hydrogen-bond acceptors (Lipinski definition) is 3. The van der Waals surface area contributed by atoms with Crippen molar-refractivity contribution in [2.45, 2.75) is 82.5 Å². The standard InChI is InChI=1S/C26H37ClN2O2Si/c1-25(2,3)32(4,5)31-26(16-14-21(15-17-26)20-10-7-6-8-11-20)19-24(28)29(30)23-13-9-12-22(27)18-23/h6-13,18,21,28,30H,14-17,19H2,1-5H3. The van der Waals surface area contributed by atoms with Crippen molar-refractivity contribution in [2.75, 3.05) is 5.06 Å². The number of anilines is 1. The minimum atomic E-state index is -2.07. The number of rotatable bonds is 6. The van der Waals surface area contributed by atoms with Gasteiger partial charge in [-0.3, -0.25) is 10.6 Å². The maximum Gasteiger partial charge on any atom is 0.192 e. The molecule has 2 aromatic rings. The molecule has 4 nitrogen and oxygen atoms in total. The van der Waals surface area contributed by atoms with Crippen molar-refractivity contribution in [3.05, 3.63) is 65.2 Å². The fraction of sp³-hybridized carbons (Fsp3) is 0.500. The Morgan fingerprint density at radius 2 is 1.75 bits per heavy atom. The van der Waals surface area contributed by atoms with Gasteiger partial charge in [-0.2, -0.15) is 0 Å². The molecule has 0 aliphatic heterocycles. The maximum atomic E-state index is 10.8. The lowest BCUT2D eigenvalue weighted by Crippen LogP contribution is -2.52. The lowest BCUT2D eigenvalue weighted by molar-refractivity contribution is 0.0166. The Morgan fingerprint density at radius 1 is 1.12 bits per heavy atom. The van der Waals surface area contributed by atoms with E-state index in [9.17, 15) is 5.21 Å². The third-order valence-electron chi connectivity index (χ3n) is 7.24. The summed E-state index contributed by atoms with van der Waals surface area (Å²) in [5.74, 6) is 0.656. The third kappa shape index (κ3) is 5.82. The minimum Gasteiger partial charge on any atom is -0.411 e. The predicted octanol–water partition coefficient (Wildman–Crippen LogP) is 8.02. The van der Waals surface area contributed by atoms with Crippen LogP contribution in [0.2, 0.25) is 23.2 Å². The number of nitrogens with zero attached hydrogens (tertiary/aromatic N) is 1. The smallest absolute Gasteiger partial charge is 0.192 e. The van der Waals surface area contributed by atoms with Crippen molar-refractivity contribution in [1.82, 2.24) is 0 Å². The lowest BCUT2D eigenvalue weighted by atomic mass is 9.74. The first-order valence-electron chi connectivity index (χ1n) is 11.5. The van der Waals surface area contributed by atoms with Crippen LogP contribution in [-0.2, 0) is 4.43 Å². The van der Waals surface area contributed by atoms with E-state index in [1.807, 2.05) is 0 Å². The molecule has 1 fully saturated rings. The van der Waals surface area contributed by atoms with Crippen LogP contribution >= 0.6 is 11.6 Å². The van der Waals surface area contributed by atoms with Gasteiger partial charge < -0.3 is 4.43 Å². The highest BCUT2D eigenvalue weighted by Crippen LogP contribution is 2.47. The highest BCUT2D eigenvalue weighted by atomic mass is 35.5. The van der Waals surface area contributed by atoms with Gasteiger partial charge in [0, 0.05) is 11.4 Å². The van der Waals surface area contributed by atoms with Crippen molar-refractivity contribution in [2.24, 2.45) is 0 Å². The summed E-state index contributed by atoms with van der Waals surface area (Å²) in [5.41, 5.74) is 1.44. The van der Waals surface area contributed by atoms with Crippen LogP contribution in [0.25, 0.3) is 0 Å². The molecule has 1 aliphatic carbocycles. The zero-order valence-electron chi connectivity index (χ0n) is 20.0. The molecule has 0 radical (unpaired) electrons. The van der Waals surface area contributed by atoms with Gasteiger partial charge in [-0.15, -0.1) is 0 Å². The normalized spacial score (nSPS) is 21.9. The Balaban J connectivity index is 1.82. The van der Waals surface area contributed by atoms with Crippen LogP contribution in [0.3, 0.4) is 0 Å². The fourth-order valence-electron chi connectivity index (χ4n) is 4.36. The molecule has 0 atom stereocenters. The molecule has 1 saturated carbocycles. The molecular weight excluding hydrogens is 436 g/mol. The van der Waals surface area contributed by atoms with Crippen molar-refractivity contribution in [1.29, 1.82) is 5.41 Å². The highest BCUT2D eigenvalue weighted by Gasteiger charge is 2.47. The molecule has 32 heavy (non-hydrogen) atoms. The molecule has 1 aliphatic rings. The van der Waals surface area contributed by atoms with E-state index in [0.29, 0.717) is 23.0 Å². The molecule has 2 aromatic carbocycles. The summed E-state index contributed by atoms with van der Waals surface area (Å²) in [6.45, 7) is 11.3. The molecule has 0 saturated heterocycles. The molecule has 0 bridgehead atoms. The third-order valence-corrected chi connectivity index (χ3v) is 12.0. The van der Waals surface area contributed by atoms with Gasteiger partial charge in [0.25, 0.3) is 0 Å². The van der Waals surface area contributed by atoms with E-state index < -0.39 is 13.9 Å². The van der Waals surface area contributed by atoms with Gasteiger partial charge in [0.15, 0.2) is 8.32 Å². The number of hydrogen-bond donors (Lipinski definition) is 2. The number of halogens is 1. The molecule has 6 heteroatoms. The molecule has 174 valence electrons. The molecule has 0 aromatic heterocycles. The number of nitrogens with one attached hydrogen (secondary N) is 1. The molecule has 0 heterocycles. The summed E-state index contributed by atoms with van der Waals surface area (Å²) in [6.07, 6.45) is 4.18. The lowest BCUT2D eigenvalue weighted by Gasteiger charge is -2.49. The monoisotopic (exact) mass is 472 g/mol. The number of benzene rings is 2. The summed E-state index contributed by atoms with van der Waals surface area (Å²) in [4.78, 5) is 0. The molecule has 2 N–H and O–H groups in total. The summed E-state index contributed by atoms with van der Waals surface area (Å²) >= 11 is 6.10. The van der Waals surface area contributed by atoms with Crippen molar-refractivity contribution < 1.29 is 9.63 Å². The van der Waals surface area contributed by atoms with Crippen LogP contribution in [-0.4, -0.2) is 25.0 Å². The van der Waals surface area contributed by atoms with E-state index in [4.69, 9.17) is 21.4 Å². The zero-order chi connectivity index (χ0) is 23.6. The average molecular weight is 473 g/mol. The second-order valence-electron chi connectivity index (χ2n) is 10.6. The average Bonchev–Trinajstić information content (AvgIpc) is 2.73. The van der Waals surface area contributed by atoms with E-state index >= 15 is 0 Å². The van der Waals surface area contributed by atoms with Crippen LogP contribution < -0.4 is 5.06 Å². The number of amidine groups is 1. The SMILES string of the molecule is CC(C)(C)[Si](C)(C)OC1(CC(=N)N(O)c2cccc(Cl)c2)CCC(c2ccccc2)CC1.